The first-order valence-electron chi connectivity index (χ1n) is 9.02. The van der Waals surface area contributed by atoms with E-state index in [-0.39, 0.29) is 12.0 Å². The molecular weight excluding hydrogens is 342 g/mol. The molecule has 1 fully saturated rings. The van der Waals surface area contributed by atoms with Gasteiger partial charge in [0.15, 0.2) is 0 Å². The molecule has 1 aromatic heterocycles. The molecule has 0 saturated carbocycles. The van der Waals surface area contributed by atoms with Crippen molar-refractivity contribution in [3.05, 3.63) is 59.7 Å². The Morgan fingerprint density at radius 1 is 1.15 bits per heavy atom. The lowest BCUT2D eigenvalue weighted by Gasteiger charge is -2.39. The van der Waals surface area contributed by atoms with Gasteiger partial charge in [0.25, 0.3) is 5.91 Å². The van der Waals surface area contributed by atoms with E-state index in [0.717, 1.165) is 17.7 Å². The lowest BCUT2D eigenvalue weighted by Crippen LogP contribution is -2.56. The third-order valence-electron chi connectivity index (χ3n) is 4.68. The molecule has 1 aliphatic heterocycles. The summed E-state index contributed by atoms with van der Waals surface area (Å²) in [5.74, 6) is 1.47. The third-order valence-corrected chi connectivity index (χ3v) is 4.68. The highest BCUT2D eigenvalue weighted by molar-refractivity contribution is 5.95. The smallest absolute Gasteiger partial charge is 0.254 e. The van der Waals surface area contributed by atoms with Gasteiger partial charge in [-0.3, -0.25) is 4.79 Å². The van der Waals surface area contributed by atoms with Crippen LogP contribution in [0, 0.1) is 0 Å². The van der Waals surface area contributed by atoms with E-state index in [1.165, 1.54) is 10.4 Å². The lowest BCUT2D eigenvalue weighted by molar-refractivity contribution is 0.0174. The molecule has 3 aromatic rings. The van der Waals surface area contributed by atoms with Gasteiger partial charge in [0, 0.05) is 11.1 Å². The summed E-state index contributed by atoms with van der Waals surface area (Å²) in [5, 5.41) is 12.0. The van der Waals surface area contributed by atoms with Crippen LogP contribution in [0.2, 0.25) is 0 Å². The number of nitrogens with zero attached hydrogens (tertiary/aromatic N) is 5. The molecule has 138 valence electrons. The zero-order chi connectivity index (χ0) is 18.8. The van der Waals surface area contributed by atoms with Gasteiger partial charge in [-0.1, -0.05) is 37.3 Å². The van der Waals surface area contributed by atoms with Gasteiger partial charge in [-0.2, -0.15) is 4.80 Å². The van der Waals surface area contributed by atoms with E-state index < -0.39 is 0 Å². The molecule has 1 aliphatic rings. The van der Waals surface area contributed by atoms with Crippen LogP contribution in [0.3, 0.4) is 0 Å². The van der Waals surface area contributed by atoms with Crippen molar-refractivity contribution in [3.63, 3.8) is 0 Å². The molecule has 0 spiro atoms. The molecule has 1 amide bonds. The highest BCUT2D eigenvalue weighted by Gasteiger charge is 2.33. The number of aryl methyl sites for hydroxylation is 2. The fraction of sp³-hybridized carbons (Fsp3) is 0.300. The summed E-state index contributed by atoms with van der Waals surface area (Å²) >= 11 is 0. The Labute approximate surface area is 157 Å². The van der Waals surface area contributed by atoms with Gasteiger partial charge in [-0.15, -0.1) is 10.2 Å². The summed E-state index contributed by atoms with van der Waals surface area (Å²) < 4.78 is 6.05. The zero-order valence-electron chi connectivity index (χ0n) is 15.4. The van der Waals surface area contributed by atoms with Gasteiger partial charge in [0.1, 0.15) is 11.9 Å². The minimum atomic E-state index is 0.0114. The van der Waals surface area contributed by atoms with Crippen molar-refractivity contribution in [3.8, 4) is 17.1 Å². The van der Waals surface area contributed by atoms with Crippen LogP contribution in [0.1, 0.15) is 22.8 Å². The first-order valence-corrected chi connectivity index (χ1v) is 9.02. The monoisotopic (exact) mass is 363 g/mol. The van der Waals surface area contributed by atoms with Crippen LogP contribution < -0.4 is 4.74 Å². The van der Waals surface area contributed by atoms with Crippen molar-refractivity contribution < 1.29 is 9.53 Å². The highest BCUT2D eigenvalue weighted by Crippen LogP contribution is 2.24. The van der Waals surface area contributed by atoms with Crippen molar-refractivity contribution in [1.29, 1.82) is 0 Å². The number of ether oxygens (including phenoxy) is 1. The Hall–Kier alpha value is -3.22. The van der Waals surface area contributed by atoms with E-state index in [9.17, 15) is 4.79 Å². The van der Waals surface area contributed by atoms with E-state index in [1.54, 1.807) is 24.1 Å². The summed E-state index contributed by atoms with van der Waals surface area (Å²) in [5.41, 5.74) is 2.67. The summed E-state index contributed by atoms with van der Waals surface area (Å²) in [6.45, 7) is 3.31. The fourth-order valence-electron chi connectivity index (χ4n) is 3.11. The predicted molar refractivity (Wildman–Crippen MR) is 100 cm³/mol. The number of carbonyl (C=O) groups is 1. The van der Waals surface area contributed by atoms with Crippen molar-refractivity contribution >= 4 is 5.91 Å². The van der Waals surface area contributed by atoms with E-state index in [1.807, 2.05) is 30.3 Å². The van der Waals surface area contributed by atoms with E-state index in [2.05, 4.69) is 28.4 Å². The normalized spacial score (nSPS) is 14.1. The van der Waals surface area contributed by atoms with Crippen molar-refractivity contribution in [2.45, 2.75) is 19.4 Å². The molecule has 0 aliphatic carbocycles. The molecule has 1 saturated heterocycles. The number of hydrogen-bond acceptors (Lipinski definition) is 5. The summed E-state index contributed by atoms with van der Waals surface area (Å²) in [6.07, 6.45) is 0.975. The van der Waals surface area contributed by atoms with Crippen LogP contribution in [-0.4, -0.2) is 50.2 Å². The van der Waals surface area contributed by atoms with Crippen molar-refractivity contribution in [2.24, 2.45) is 7.05 Å². The maximum Gasteiger partial charge on any atom is 0.254 e. The molecule has 7 heteroatoms. The molecule has 0 unspecified atom stereocenters. The number of carbonyl (C=O) groups excluding carboxylic acids is 1. The van der Waals surface area contributed by atoms with E-state index in [4.69, 9.17) is 4.74 Å². The van der Waals surface area contributed by atoms with Gasteiger partial charge in [-0.25, -0.2) is 0 Å². The minimum absolute atomic E-state index is 0.0114. The lowest BCUT2D eigenvalue weighted by atomic mass is 10.1. The number of benzene rings is 2. The highest BCUT2D eigenvalue weighted by atomic mass is 16.5. The summed E-state index contributed by atoms with van der Waals surface area (Å²) in [6, 6.07) is 15.3. The molecule has 0 N–H and O–H groups in total. The first-order chi connectivity index (χ1) is 13.1. The van der Waals surface area contributed by atoms with Crippen molar-refractivity contribution in [1.82, 2.24) is 25.1 Å². The Balaban J connectivity index is 1.36. The first kappa shape index (κ1) is 17.2. The van der Waals surface area contributed by atoms with Crippen molar-refractivity contribution in [2.75, 3.05) is 13.1 Å². The second kappa shape index (κ2) is 7.19. The van der Waals surface area contributed by atoms with E-state index >= 15 is 0 Å². The number of rotatable bonds is 5. The number of likely N-dealkylation sites (tertiary alicyclic amines) is 1. The number of aromatic nitrogens is 4. The van der Waals surface area contributed by atoms with Gasteiger partial charge in [0.05, 0.1) is 20.1 Å². The molecule has 4 rings (SSSR count). The standard InChI is InChI=1S/C20H21N5O2/c1-3-14-6-4-5-7-18(14)27-17-12-25(13-17)20(26)16-10-8-15(9-11-16)19-21-23-24(2)22-19/h4-11,17H,3,12-13H2,1-2H3. The molecule has 0 atom stereocenters. The SMILES string of the molecule is CCc1ccccc1OC1CN(C(=O)c2ccc(-c3nnn(C)n3)cc2)C1. The van der Waals surface area contributed by atoms with Crippen LogP contribution in [0.5, 0.6) is 5.75 Å². The largest absolute Gasteiger partial charge is 0.486 e. The van der Waals surface area contributed by atoms with Crippen LogP contribution in [0.15, 0.2) is 48.5 Å². The number of para-hydroxylation sites is 1. The van der Waals surface area contributed by atoms with Crippen LogP contribution in [0.25, 0.3) is 11.4 Å². The topological polar surface area (TPSA) is 73.1 Å². The maximum atomic E-state index is 12.6. The summed E-state index contributed by atoms with van der Waals surface area (Å²) in [4.78, 5) is 15.8. The Morgan fingerprint density at radius 3 is 2.56 bits per heavy atom. The second-order valence-corrected chi connectivity index (χ2v) is 6.59. The van der Waals surface area contributed by atoms with Gasteiger partial charge in [-0.05, 0) is 35.4 Å². The number of hydrogen-bond donors (Lipinski definition) is 0. The molecular formula is C20H21N5O2. The maximum absolute atomic E-state index is 12.6. The van der Waals surface area contributed by atoms with Gasteiger partial charge >= 0.3 is 0 Å². The average Bonchev–Trinajstić information content (AvgIpc) is 3.10. The van der Waals surface area contributed by atoms with Crippen LogP contribution >= 0.6 is 0 Å². The second-order valence-electron chi connectivity index (χ2n) is 6.59. The van der Waals surface area contributed by atoms with Gasteiger partial charge < -0.3 is 9.64 Å². The number of amides is 1. The third kappa shape index (κ3) is 3.53. The molecule has 27 heavy (non-hydrogen) atoms. The van der Waals surface area contributed by atoms with Gasteiger partial charge in [0.2, 0.25) is 5.82 Å². The van der Waals surface area contributed by atoms with Crippen LogP contribution in [-0.2, 0) is 13.5 Å². The number of tetrazole rings is 1. The molecule has 2 heterocycles. The van der Waals surface area contributed by atoms with E-state index in [0.29, 0.717) is 24.5 Å². The minimum Gasteiger partial charge on any atom is -0.486 e. The average molecular weight is 363 g/mol. The summed E-state index contributed by atoms with van der Waals surface area (Å²) in [7, 11) is 1.72. The predicted octanol–water partition coefficient (Wildman–Crippen LogP) is 2.34. The molecule has 2 aromatic carbocycles. The Morgan fingerprint density at radius 2 is 1.89 bits per heavy atom. The zero-order valence-corrected chi connectivity index (χ0v) is 15.4. The Kier molecular flexibility index (Phi) is 4.58. The quantitative estimate of drug-likeness (QED) is 0.696. The molecule has 7 nitrogen and oxygen atoms in total. The molecule has 0 radical (unpaired) electrons. The fourth-order valence-corrected chi connectivity index (χ4v) is 3.11. The van der Waals surface area contributed by atoms with Crippen LogP contribution in [0.4, 0.5) is 0 Å². The molecule has 0 bridgehead atoms. The Bertz CT molecular complexity index is 945.